The van der Waals surface area contributed by atoms with Gasteiger partial charge in [0.1, 0.15) is 11.5 Å². The molecule has 2 rings (SSSR count). The molecule has 0 unspecified atom stereocenters. The van der Waals surface area contributed by atoms with E-state index in [4.69, 9.17) is 6.42 Å². The van der Waals surface area contributed by atoms with E-state index in [1.165, 1.54) is 6.07 Å². The number of benzene rings is 1. The lowest BCUT2D eigenvalue weighted by Crippen LogP contribution is -2.24. The fourth-order valence-corrected chi connectivity index (χ4v) is 3.36. The second kappa shape index (κ2) is 9.40. The Morgan fingerprint density at radius 1 is 1.28 bits per heavy atom. The normalized spacial score (nSPS) is 11.5. The van der Waals surface area contributed by atoms with Crippen LogP contribution in [0.25, 0.3) is 5.57 Å². The molecule has 0 aliphatic rings. The maximum absolute atomic E-state index is 14.4. The molecule has 0 atom stereocenters. The quantitative estimate of drug-likeness (QED) is 0.369. The van der Waals surface area contributed by atoms with Crippen molar-refractivity contribution in [3.63, 3.8) is 0 Å². The molecule has 32 heavy (non-hydrogen) atoms. The Kier molecular flexibility index (Phi) is 7.31. The van der Waals surface area contributed by atoms with E-state index in [2.05, 4.69) is 22.8 Å². The zero-order valence-corrected chi connectivity index (χ0v) is 17.9. The van der Waals surface area contributed by atoms with Gasteiger partial charge in [-0.3, -0.25) is 9.52 Å². The highest BCUT2D eigenvalue weighted by atomic mass is 32.2. The zero-order chi connectivity index (χ0) is 24.3. The summed E-state index contributed by atoms with van der Waals surface area (Å²) in [6.45, 7) is 5.02. The van der Waals surface area contributed by atoms with Crippen LogP contribution in [-0.4, -0.2) is 25.6 Å². The summed E-state index contributed by atoms with van der Waals surface area (Å²) in [6, 6.07) is 4.19. The molecule has 2 aromatic rings. The molecule has 0 bridgehead atoms. The molecule has 1 aromatic carbocycles. The Morgan fingerprint density at radius 2 is 1.94 bits per heavy atom. The average Bonchev–Trinajstić information content (AvgIpc) is 2.70. The largest absolute Gasteiger partial charge is 0.433 e. The zero-order valence-electron chi connectivity index (χ0n) is 17.1. The van der Waals surface area contributed by atoms with Gasteiger partial charge >= 0.3 is 6.18 Å². The van der Waals surface area contributed by atoms with Crippen LogP contribution >= 0.6 is 0 Å². The van der Waals surface area contributed by atoms with E-state index in [1.807, 2.05) is 4.72 Å². The second-order valence-corrected chi connectivity index (χ2v) is 8.47. The van der Waals surface area contributed by atoms with Gasteiger partial charge in [-0.05, 0) is 30.2 Å². The number of terminal acetylenes is 1. The number of hydrogen-bond acceptors (Lipinski definition) is 4. The van der Waals surface area contributed by atoms with Gasteiger partial charge in [0.2, 0.25) is 10.0 Å². The van der Waals surface area contributed by atoms with Crippen molar-refractivity contribution in [2.45, 2.75) is 26.1 Å². The summed E-state index contributed by atoms with van der Waals surface area (Å²) in [5, 5.41) is 2.48. The third kappa shape index (κ3) is 6.07. The van der Waals surface area contributed by atoms with Gasteiger partial charge in [-0.25, -0.2) is 17.8 Å². The van der Waals surface area contributed by atoms with Crippen LogP contribution in [0, 0.1) is 18.2 Å². The molecule has 0 fully saturated rings. The molecular weight excluding hydrogens is 450 g/mol. The maximum Gasteiger partial charge on any atom is 0.433 e. The molecule has 11 heteroatoms. The van der Waals surface area contributed by atoms with Gasteiger partial charge in [0, 0.05) is 23.4 Å². The van der Waals surface area contributed by atoms with Gasteiger partial charge in [-0.1, -0.05) is 25.5 Å². The van der Waals surface area contributed by atoms with Crippen molar-refractivity contribution in [2.75, 3.05) is 11.0 Å². The maximum atomic E-state index is 14.4. The summed E-state index contributed by atoms with van der Waals surface area (Å²) in [5.74, 6) is 0.529. The highest BCUT2D eigenvalue weighted by Crippen LogP contribution is 2.30. The highest BCUT2D eigenvalue weighted by Gasteiger charge is 2.33. The number of alkyl halides is 3. The average molecular weight is 469 g/mol. The lowest BCUT2D eigenvalue weighted by Gasteiger charge is -2.14. The van der Waals surface area contributed by atoms with Crippen LogP contribution < -0.4 is 10.0 Å². The molecule has 2 N–H and O–H groups in total. The van der Waals surface area contributed by atoms with Crippen molar-refractivity contribution < 1.29 is 30.8 Å². The lowest BCUT2D eigenvalue weighted by molar-refractivity contribution is -0.141. The molecule has 0 saturated heterocycles. The molecule has 0 aliphatic heterocycles. The predicted molar refractivity (Wildman–Crippen MR) is 112 cm³/mol. The number of halogens is 4. The molecule has 0 aliphatic carbocycles. The standard InChI is InChI=1S/C21H19F4N3O3S/c1-5-14-9-13(10-16(22)19(14)28-32(4,30)31)11-26-20(29)12(3)15-7-8-18(21(23,24)25)27-17(15)6-2/h1,7-10,28H,3,6,11H2,2,4H3,(H,26,29). The smallest absolute Gasteiger partial charge is 0.348 e. The topological polar surface area (TPSA) is 88.2 Å². The lowest BCUT2D eigenvalue weighted by atomic mass is 10.0. The van der Waals surface area contributed by atoms with E-state index in [1.54, 1.807) is 6.92 Å². The molecule has 1 aromatic heterocycles. The molecule has 0 radical (unpaired) electrons. The summed E-state index contributed by atoms with van der Waals surface area (Å²) in [5.41, 5.74) is -1.21. The van der Waals surface area contributed by atoms with Crippen LogP contribution in [0.2, 0.25) is 0 Å². The summed E-state index contributed by atoms with van der Waals surface area (Å²) in [4.78, 5) is 16.0. The van der Waals surface area contributed by atoms with Crippen molar-refractivity contribution >= 4 is 27.2 Å². The van der Waals surface area contributed by atoms with E-state index in [0.717, 1.165) is 24.5 Å². The predicted octanol–water partition coefficient (Wildman–Crippen LogP) is 3.48. The SMILES string of the molecule is C#Cc1cc(CNC(=O)C(=C)c2ccc(C(F)(F)F)nc2CC)cc(F)c1NS(C)(=O)=O. The van der Waals surface area contributed by atoms with Crippen molar-refractivity contribution in [3.05, 3.63) is 64.7 Å². The summed E-state index contributed by atoms with van der Waals surface area (Å²) >= 11 is 0. The van der Waals surface area contributed by atoms with Crippen molar-refractivity contribution in [1.29, 1.82) is 0 Å². The number of pyridine rings is 1. The number of hydrogen-bond donors (Lipinski definition) is 2. The fraction of sp³-hybridized carbons (Fsp3) is 0.238. The van der Waals surface area contributed by atoms with E-state index < -0.39 is 39.3 Å². The van der Waals surface area contributed by atoms with Gasteiger partial charge in [0.05, 0.1) is 17.5 Å². The Morgan fingerprint density at radius 3 is 2.47 bits per heavy atom. The summed E-state index contributed by atoms with van der Waals surface area (Å²) < 4.78 is 77.7. The number of rotatable bonds is 7. The van der Waals surface area contributed by atoms with Gasteiger partial charge < -0.3 is 5.32 Å². The van der Waals surface area contributed by atoms with Crippen molar-refractivity contribution in [3.8, 4) is 12.3 Å². The van der Waals surface area contributed by atoms with Crippen LogP contribution in [0.1, 0.15) is 35.0 Å². The van der Waals surface area contributed by atoms with E-state index in [0.29, 0.717) is 0 Å². The number of carbonyl (C=O) groups is 1. The number of aryl methyl sites for hydroxylation is 1. The first-order valence-electron chi connectivity index (χ1n) is 9.08. The first-order chi connectivity index (χ1) is 14.8. The van der Waals surface area contributed by atoms with Gasteiger partial charge in [0.15, 0.2) is 0 Å². The summed E-state index contributed by atoms with van der Waals surface area (Å²) in [7, 11) is -3.77. The van der Waals surface area contributed by atoms with Crippen LogP contribution in [0.15, 0.2) is 30.8 Å². The number of carbonyl (C=O) groups excluding carboxylic acids is 1. The van der Waals surface area contributed by atoms with E-state index >= 15 is 0 Å². The van der Waals surface area contributed by atoms with Gasteiger partial charge in [-0.15, -0.1) is 6.42 Å². The van der Waals surface area contributed by atoms with Gasteiger partial charge in [0.25, 0.3) is 5.91 Å². The number of nitrogens with zero attached hydrogens (tertiary/aromatic N) is 1. The molecule has 6 nitrogen and oxygen atoms in total. The van der Waals surface area contributed by atoms with Gasteiger partial charge in [-0.2, -0.15) is 13.2 Å². The third-order valence-electron chi connectivity index (χ3n) is 4.24. The Bertz CT molecular complexity index is 1220. The molecule has 1 heterocycles. The molecule has 0 saturated carbocycles. The third-order valence-corrected chi connectivity index (χ3v) is 4.82. The first-order valence-corrected chi connectivity index (χ1v) is 11.0. The molecular formula is C21H19F4N3O3S. The Labute approximate surface area is 182 Å². The minimum absolute atomic E-state index is 0.0526. The summed E-state index contributed by atoms with van der Waals surface area (Å²) in [6.07, 6.45) is 1.68. The minimum Gasteiger partial charge on any atom is -0.348 e. The van der Waals surface area contributed by atoms with Crippen LogP contribution in [0.5, 0.6) is 0 Å². The van der Waals surface area contributed by atoms with E-state index in [9.17, 15) is 30.8 Å². The number of amides is 1. The van der Waals surface area contributed by atoms with Crippen molar-refractivity contribution in [2.24, 2.45) is 0 Å². The minimum atomic E-state index is -4.62. The molecule has 0 spiro atoms. The van der Waals surface area contributed by atoms with Crippen LogP contribution in [0.3, 0.4) is 0 Å². The van der Waals surface area contributed by atoms with Crippen LogP contribution in [-0.2, 0) is 34.0 Å². The fourth-order valence-electron chi connectivity index (χ4n) is 2.78. The van der Waals surface area contributed by atoms with E-state index in [-0.39, 0.29) is 40.9 Å². The number of aromatic nitrogens is 1. The number of anilines is 1. The monoisotopic (exact) mass is 469 g/mol. The Balaban J connectivity index is 2.22. The number of sulfonamides is 1. The number of nitrogens with one attached hydrogen (secondary N) is 2. The molecule has 170 valence electrons. The Hall–Kier alpha value is -3.39. The molecule has 1 amide bonds. The van der Waals surface area contributed by atoms with Crippen molar-refractivity contribution in [1.82, 2.24) is 10.3 Å². The highest BCUT2D eigenvalue weighted by molar-refractivity contribution is 7.92. The van der Waals surface area contributed by atoms with Crippen LogP contribution in [0.4, 0.5) is 23.2 Å². The second-order valence-electron chi connectivity index (χ2n) is 6.72. The first kappa shape index (κ1) is 24.9.